The summed E-state index contributed by atoms with van der Waals surface area (Å²) in [6.45, 7) is 1.86. The number of rotatable bonds is 2. The molecule has 2 aromatic carbocycles. The van der Waals surface area contributed by atoms with E-state index in [0.29, 0.717) is 33.0 Å². The molecule has 0 amide bonds. The van der Waals surface area contributed by atoms with Gasteiger partial charge in [-0.15, -0.1) is 0 Å². The second-order valence-corrected chi connectivity index (χ2v) is 6.34. The molecule has 0 saturated carbocycles. The zero-order valence-electron chi connectivity index (χ0n) is 14.0. The van der Waals surface area contributed by atoms with Gasteiger partial charge in [0, 0.05) is 18.2 Å². The van der Waals surface area contributed by atoms with Crippen LogP contribution in [0, 0.1) is 24.1 Å². The standard InChI is InChI=1S/C19H13ClFN5/c1-11-17(14-7-6-13(21)8-15(14)20)19(25(2)24-11)26-10-23-16-5-3-4-12(9-22)18(16)26/h3-8,10H,1-2H3. The van der Waals surface area contributed by atoms with Gasteiger partial charge in [0.1, 0.15) is 24.0 Å². The largest absolute Gasteiger partial charge is 0.281 e. The predicted octanol–water partition coefficient (Wildman–Crippen LogP) is 4.40. The van der Waals surface area contributed by atoms with Gasteiger partial charge in [0.05, 0.1) is 27.3 Å². The zero-order valence-corrected chi connectivity index (χ0v) is 14.8. The number of nitriles is 1. The Morgan fingerprint density at radius 1 is 1.23 bits per heavy atom. The molecule has 0 aliphatic heterocycles. The van der Waals surface area contributed by atoms with Crippen LogP contribution in [0.5, 0.6) is 0 Å². The molecule has 2 heterocycles. The van der Waals surface area contributed by atoms with Crippen molar-refractivity contribution in [1.82, 2.24) is 19.3 Å². The van der Waals surface area contributed by atoms with E-state index in [1.165, 1.54) is 12.1 Å². The van der Waals surface area contributed by atoms with E-state index in [9.17, 15) is 9.65 Å². The second-order valence-electron chi connectivity index (χ2n) is 5.93. The van der Waals surface area contributed by atoms with Gasteiger partial charge in [-0.25, -0.2) is 9.37 Å². The number of imidazole rings is 1. The normalized spacial score (nSPS) is 11.0. The number of halogens is 2. The Hall–Kier alpha value is -3.17. The van der Waals surface area contributed by atoms with E-state index >= 15 is 0 Å². The third kappa shape index (κ3) is 2.37. The first-order valence-electron chi connectivity index (χ1n) is 7.87. The Balaban J connectivity index is 2.08. The minimum atomic E-state index is -0.401. The number of benzene rings is 2. The first-order chi connectivity index (χ1) is 12.5. The minimum absolute atomic E-state index is 0.298. The van der Waals surface area contributed by atoms with Crippen molar-refractivity contribution in [2.75, 3.05) is 0 Å². The van der Waals surface area contributed by atoms with Crippen molar-refractivity contribution in [3.63, 3.8) is 0 Å². The molecule has 0 radical (unpaired) electrons. The first kappa shape index (κ1) is 16.3. The maximum absolute atomic E-state index is 13.5. The number of hydrogen-bond donors (Lipinski definition) is 0. The van der Waals surface area contributed by atoms with Gasteiger partial charge in [0.2, 0.25) is 0 Å². The number of hydrogen-bond acceptors (Lipinski definition) is 3. The summed E-state index contributed by atoms with van der Waals surface area (Å²) in [5.74, 6) is 0.308. The summed E-state index contributed by atoms with van der Waals surface area (Å²) in [5.41, 5.74) is 4.09. The maximum Gasteiger partial charge on any atom is 0.144 e. The smallest absolute Gasteiger partial charge is 0.144 e. The lowest BCUT2D eigenvalue weighted by Crippen LogP contribution is -2.04. The van der Waals surface area contributed by atoms with Gasteiger partial charge in [-0.1, -0.05) is 17.7 Å². The monoisotopic (exact) mass is 365 g/mol. The lowest BCUT2D eigenvalue weighted by molar-refractivity contribution is 0.628. The number of aryl methyl sites for hydroxylation is 2. The summed E-state index contributed by atoms with van der Waals surface area (Å²) in [6, 6.07) is 11.9. The highest BCUT2D eigenvalue weighted by Gasteiger charge is 2.21. The summed E-state index contributed by atoms with van der Waals surface area (Å²) in [5, 5.41) is 14.3. The highest BCUT2D eigenvalue weighted by molar-refractivity contribution is 6.33. The topological polar surface area (TPSA) is 59.4 Å². The van der Waals surface area contributed by atoms with Crippen LogP contribution >= 0.6 is 11.6 Å². The fraction of sp³-hybridized carbons (Fsp3) is 0.105. The van der Waals surface area contributed by atoms with Crippen molar-refractivity contribution in [3.8, 4) is 23.0 Å². The Morgan fingerprint density at radius 2 is 2.04 bits per heavy atom. The first-order valence-corrected chi connectivity index (χ1v) is 8.24. The van der Waals surface area contributed by atoms with E-state index in [0.717, 1.165) is 11.3 Å². The van der Waals surface area contributed by atoms with Crippen LogP contribution in [0.15, 0.2) is 42.7 Å². The van der Waals surface area contributed by atoms with Crippen LogP contribution in [0.3, 0.4) is 0 Å². The molecule has 26 heavy (non-hydrogen) atoms. The molecule has 0 fully saturated rings. The van der Waals surface area contributed by atoms with E-state index in [1.807, 2.05) is 24.6 Å². The summed E-state index contributed by atoms with van der Waals surface area (Å²) in [6.07, 6.45) is 1.66. The van der Waals surface area contributed by atoms with Crippen molar-refractivity contribution in [2.45, 2.75) is 6.92 Å². The third-order valence-corrected chi connectivity index (χ3v) is 4.62. The lowest BCUT2D eigenvalue weighted by atomic mass is 10.1. The van der Waals surface area contributed by atoms with Crippen molar-refractivity contribution < 1.29 is 4.39 Å². The Bertz CT molecular complexity index is 1200. The molecular weight excluding hydrogens is 353 g/mol. The van der Waals surface area contributed by atoms with Gasteiger partial charge in [-0.2, -0.15) is 10.4 Å². The fourth-order valence-electron chi connectivity index (χ4n) is 3.25. The third-order valence-electron chi connectivity index (χ3n) is 4.31. The molecule has 7 heteroatoms. The summed E-state index contributed by atoms with van der Waals surface area (Å²) in [7, 11) is 1.81. The van der Waals surface area contributed by atoms with E-state index in [-0.39, 0.29) is 0 Å². The molecule has 0 unspecified atom stereocenters. The van der Waals surface area contributed by atoms with Crippen LogP contribution in [0.2, 0.25) is 5.02 Å². The van der Waals surface area contributed by atoms with Gasteiger partial charge in [-0.3, -0.25) is 9.25 Å². The molecule has 0 spiro atoms. The van der Waals surface area contributed by atoms with E-state index < -0.39 is 5.82 Å². The van der Waals surface area contributed by atoms with Crippen molar-refractivity contribution in [3.05, 3.63) is 64.8 Å². The van der Waals surface area contributed by atoms with Crippen LogP contribution in [-0.4, -0.2) is 19.3 Å². The highest BCUT2D eigenvalue weighted by Crippen LogP contribution is 2.36. The molecule has 4 rings (SSSR count). The zero-order chi connectivity index (χ0) is 18.4. The Morgan fingerprint density at radius 3 is 2.77 bits per heavy atom. The van der Waals surface area contributed by atoms with Crippen LogP contribution in [-0.2, 0) is 7.05 Å². The molecule has 0 N–H and O–H groups in total. The average molecular weight is 366 g/mol. The van der Waals surface area contributed by atoms with Crippen LogP contribution in [0.25, 0.3) is 28.0 Å². The number of fused-ring (bicyclic) bond motifs is 1. The molecule has 0 aliphatic carbocycles. The molecule has 4 aromatic rings. The lowest BCUT2D eigenvalue weighted by Gasteiger charge is -2.11. The summed E-state index contributed by atoms with van der Waals surface area (Å²) in [4.78, 5) is 4.40. The molecule has 0 atom stereocenters. The number of para-hydroxylation sites is 1. The summed E-state index contributed by atoms with van der Waals surface area (Å²) >= 11 is 6.30. The van der Waals surface area contributed by atoms with E-state index in [4.69, 9.17) is 11.6 Å². The second kappa shape index (κ2) is 5.97. The molecular formula is C19H13ClFN5. The SMILES string of the molecule is Cc1nn(C)c(-n2cnc3cccc(C#N)c32)c1-c1ccc(F)cc1Cl. The van der Waals surface area contributed by atoms with Crippen LogP contribution < -0.4 is 0 Å². The Labute approximate surface area is 153 Å². The van der Waals surface area contributed by atoms with Crippen LogP contribution in [0.1, 0.15) is 11.3 Å². The van der Waals surface area contributed by atoms with Gasteiger partial charge in [0.25, 0.3) is 0 Å². The summed E-state index contributed by atoms with van der Waals surface area (Å²) < 4.78 is 17.0. The minimum Gasteiger partial charge on any atom is -0.281 e. The van der Waals surface area contributed by atoms with Gasteiger partial charge in [0.15, 0.2) is 0 Å². The van der Waals surface area contributed by atoms with Crippen molar-refractivity contribution in [1.29, 1.82) is 5.26 Å². The molecule has 5 nitrogen and oxygen atoms in total. The molecule has 128 valence electrons. The maximum atomic E-state index is 13.5. The Kier molecular flexibility index (Phi) is 3.74. The highest BCUT2D eigenvalue weighted by atomic mass is 35.5. The fourth-order valence-corrected chi connectivity index (χ4v) is 3.51. The molecule has 2 aromatic heterocycles. The van der Waals surface area contributed by atoms with Gasteiger partial charge >= 0.3 is 0 Å². The van der Waals surface area contributed by atoms with Crippen molar-refractivity contribution in [2.24, 2.45) is 7.05 Å². The van der Waals surface area contributed by atoms with Gasteiger partial charge in [-0.05, 0) is 37.3 Å². The average Bonchev–Trinajstić information content (AvgIpc) is 3.15. The molecule has 0 aliphatic rings. The van der Waals surface area contributed by atoms with E-state index in [1.54, 1.807) is 29.2 Å². The van der Waals surface area contributed by atoms with Crippen LogP contribution in [0.4, 0.5) is 4.39 Å². The predicted molar refractivity (Wildman–Crippen MR) is 97.7 cm³/mol. The quantitative estimate of drug-likeness (QED) is 0.529. The molecule has 0 saturated heterocycles. The number of nitrogens with zero attached hydrogens (tertiary/aromatic N) is 5. The van der Waals surface area contributed by atoms with E-state index in [2.05, 4.69) is 16.2 Å². The number of aromatic nitrogens is 4. The van der Waals surface area contributed by atoms with Gasteiger partial charge < -0.3 is 0 Å². The van der Waals surface area contributed by atoms with Crippen molar-refractivity contribution >= 4 is 22.6 Å². The molecule has 0 bridgehead atoms.